The van der Waals surface area contributed by atoms with Gasteiger partial charge in [0.05, 0.1) is 11.4 Å². The number of fused-ring (bicyclic) bond motifs is 2. The van der Waals surface area contributed by atoms with Crippen molar-refractivity contribution in [1.29, 1.82) is 0 Å². The van der Waals surface area contributed by atoms with Crippen LogP contribution in [0.15, 0.2) is 24.3 Å². The van der Waals surface area contributed by atoms with Gasteiger partial charge in [0, 0.05) is 24.2 Å². The van der Waals surface area contributed by atoms with E-state index in [9.17, 15) is 9.18 Å². The highest BCUT2D eigenvalue weighted by Crippen LogP contribution is 2.28. The van der Waals surface area contributed by atoms with E-state index in [1.807, 2.05) is 6.92 Å². The number of rotatable bonds is 2. The minimum Gasteiger partial charge on any atom is -0.329 e. The molecule has 3 aromatic rings. The van der Waals surface area contributed by atoms with Gasteiger partial charge in [-0.15, -0.1) is 21.5 Å². The van der Waals surface area contributed by atoms with Gasteiger partial charge in [0.15, 0.2) is 5.82 Å². The van der Waals surface area contributed by atoms with Gasteiger partial charge in [0.25, 0.3) is 5.91 Å². The first kappa shape index (κ1) is 14.3. The maximum absolute atomic E-state index is 13.3. The van der Waals surface area contributed by atoms with Crippen LogP contribution in [0.2, 0.25) is 0 Å². The van der Waals surface area contributed by atoms with Gasteiger partial charge in [0.1, 0.15) is 11.6 Å². The number of benzene rings is 1. The topological polar surface area (TPSA) is 51.0 Å². The van der Waals surface area contributed by atoms with Crippen molar-refractivity contribution in [1.82, 2.24) is 19.7 Å². The largest absolute Gasteiger partial charge is 0.329 e. The maximum Gasteiger partial charge on any atom is 0.264 e. The summed E-state index contributed by atoms with van der Waals surface area (Å²) in [5.41, 5.74) is 0. The van der Waals surface area contributed by atoms with E-state index in [0.29, 0.717) is 18.0 Å². The van der Waals surface area contributed by atoms with Gasteiger partial charge in [-0.3, -0.25) is 4.79 Å². The van der Waals surface area contributed by atoms with E-state index in [1.54, 1.807) is 17.0 Å². The highest BCUT2D eigenvalue weighted by molar-refractivity contribution is 7.20. The van der Waals surface area contributed by atoms with Crippen LogP contribution in [0.1, 0.15) is 28.2 Å². The van der Waals surface area contributed by atoms with Gasteiger partial charge in [-0.1, -0.05) is 6.92 Å². The molecule has 0 spiro atoms. The summed E-state index contributed by atoms with van der Waals surface area (Å²) < 4.78 is 16.3. The normalized spacial score (nSPS) is 14.3. The zero-order valence-electron chi connectivity index (χ0n) is 12.6. The highest BCUT2D eigenvalue weighted by atomic mass is 32.1. The molecule has 0 radical (unpaired) electrons. The number of hydrogen-bond donors (Lipinski definition) is 0. The number of amides is 1. The Balaban J connectivity index is 1.61. The van der Waals surface area contributed by atoms with Crippen molar-refractivity contribution < 1.29 is 9.18 Å². The van der Waals surface area contributed by atoms with E-state index in [-0.39, 0.29) is 11.7 Å². The average molecular weight is 330 g/mol. The van der Waals surface area contributed by atoms with Crippen LogP contribution in [0.5, 0.6) is 0 Å². The molecular formula is C16H15FN4OS. The zero-order chi connectivity index (χ0) is 16.0. The highest BCUT2D eigenvalue weighted by Gasteiger charge is 2.25. The number of aryl methyl sites for hydroxylation is 1. The third kappa shape index (κ3) is 2.41. The lowest BCUT2D eigenvalue weighted by Crippen LogP contribution is -2.38. The Bertz CT molecular complexity index is 901. The van der Waals surface area contributed by atoms with Crippen LogP contribution in [-0.4, -0.2) is 32.1 Å². The zero-order valence-corrected chi connectivity index (χ0v) is 13.4. The number of aromatic nitrogens is 3. The smallest absolute Gasteiger partial charge is 0.264 e. The SMILES string of the molecule is CCc1nnc2n1CCN(C(=O)c1cc3cc(F)ccc3s1)C2. The number of nitrogens with zero attached hydrogens (tertiary/aromatic N) is 4. The summed E-state index contributed by atoms with van der Waals surface area (Å²) in [4.78, 5) is 15.1. The second kappa shape index (κ2) is 5.42. The van der Waals surface area contributed by atoms with Crippen molar-refractivity contribution in [3.63, 3.8) is 0 Å². The Morgan fingerprint density at radius 2 is 2.17 bits per heavy atom. The molecule has 1 amide bonds. The lowest BCUT2D eigenvalue weighted by atomic mass is 10.2. The number of carbonyl (C=O) groups is 1. The first-order valence-electron chi connectivity index (χ1n) is 7.55. The molecule has 0 saturated heterocycles. The van der Waals surface area contributed by atoms with Crippen molar-refractivity contribution in [2.45, 2.75) is 26.4 Å². The standard InChI is InChI=1S/C16H15FN4OS/c1-2-14-18-19-15-9-20(5-6-21(14)15)16(22)13-8-10-7-11(17)3-4-12(10)23-13/h3-4,7-8H,2,5-6,9H2,1H3. The van der Waals surface area contributed by atoms with Gasteiger partial charge < -0.3 is 9.47 Å². The molecule has 3 heterocycles. The Labute approximate surface area is 136 Å². The predicted octanol–water partition coefficient (Wildman–Crippen LogP) is 2.85. The van der Waals surface area contributed by atoms with E-state index in [0.717, 1.165) is 34.7 Å². The minimum atomic E-state index is -0.285. The molecule has 23 heavy (non-hydrogen) atoms. The monoisotopic (exact) mass is 330 g/mol. The molecule has 0 atom stereocenters. The number of halogens is 1. The van der Waals surface area contributed by atoms with E-state index in [4.69, 9.17) is 0 Å². The summed E-state index contributed by atoms with van der Waals surface area (Å²) in [5.74, 6) is 1.48. The van der Waals surface area contributed by atoms with Crippen LogP contribution in [0.4, 0.5) is 4.39 Å². The Morgan fingerprint density at radius 1 is 1.30 bits per heavy atom. The molecule has 118 valence electrons. The van der Waals surface area contributed by atoms with Crippen LogP contribution in [0.25, 0.3) is 10.1 Å². The molecule has 0 unspecified atom stereocenters. The van der Waals surface area contributed by atoms with Crippen LogP contribution in [0.3, 0.4) is 0 Å². The summed E-state index contributed by atoms with van der Waals surface area (Å²) in [6.45, 7) is 3.87. The second-order valence-corrected chi connectivity index (χ2v) is 6.64. The fourth-order valence-corrected chi connectivity index (χ4v) is 3.94. The summed E-state index contributed by atoms with van der Waals surface area (Å²) in [7, 11) is 0. The Kier molecular flexibility index (Phi) is 3.37. The molecule has 1 aromatic carbocycles. The molecule has 1 aliphatic rings. The Morgan fingerprint density at radius 3 is 3.00 bits per heavy atom. The van der Waals surface area contributed by atoms with Crippen LogP contribution < -0.4 is 0 Å². The lowest BCUT2D eigenvalue weighted by molar-refractivity contribution is 0.0711. The molecule has 0 saturated carbocycles. The molecule has 7 heteroatoms. The van der Waals surface area contributed by atoms with E-state index < -0.39 is 0 Å². The van der Waals surface area contributed by atoms with Crippen molar-refractivity contribution in [2.24, 2.45) is 0 Å². The first-order chi connectivity index (χ1) is 11.2. The van der Waals surface area contributed by atoms with Crippen molar-refractivity contribution >= 4 is 27.3 Å². The lowest BCUT2D eigenvalue weighted by Gasteiger charge is -2.27. The summed E-state index contributed by atoms with van der Waals surface area (Å²) in [6, 6.07) is 6.36. The van der Waals surface area contributed by atoms with Gasteiger partial charge >= 0.3 is 0 Å². The quantitative estimate of drug-likeness (QED) is 0.726. The second-order valence-electron chi connectivity index (χ2n) is 5.56. The fraction of sp³-hybridized carbons (Fsp3) is 0.312. The van der Waals surface area contributed by atoms with E-state index in [1.165, 1.54) is 23.5 Å². The molecule has 0 N–H and O–H groups in total. The summed E-state index contributed by atoms with van der Waals surface area (Å²) >= 11 is 1.40. The number of hydrogen-bond acceptors (Lipinski definition) is 4. The molecule has 4 rings (SSSR count). The molecular weight excluding hydrogens is 315 g/mol. The van der Waals surface area contributed by atoms with E-state index in [2.05, 4.69) is 14.8 Å². The molecule has 0 aliphatic carbocycles. The van der Waals surface area contributed by atoms with Crippen molar-refractivity contribution in [3.8, 4) is 0 Å². The van der Waals surface area contributed by atoms with Crippen LogP contribution in [0, 0.1) is 5.82 Å². The third-order valence-electron chi connectivity index (χ3n) is 4.12. The van der Waals surface area contributed by atoms with Gasteiger partial charge in [0.2, 0.25) is 0 Å². The molecule has 2 aromatic heterocycles. The van der Waals surface area contributed by atoms with E-state index >= 15 is 0 Å². The summed E-state index contributed by atoms with van der Waals surface area (Å²) in [5, 5.41) is 9.11. The molecule has 0 fully saturated rings. The molecule has 1 aliphatic heterocycles. The van der Waals surface area contributed by atoms with Gasteiger partial charge in [-0.2, -0.15) is 0 Å². The summed E-state index contributed by atoms with van der Waals surface area (Å²) in [6.07, 6.45) is 0.836. The van der Waals surface area contributed by atoms with Crippen LogP contribution in [-0.2, 0) is 19.5 Å². The molecule has 0 bridgehead atoms. The van der Waals surface area contributed by atoms with Crippen molar-refractivity contribution in [3.05, 3.63) is 46.6 Å². The first-order valence-corrected chi connectivity index (χ1v) is 8.36. The number of thiophene rings is 1. The maximum atomic E-state index is 13.3. The van der Waals surface area contributed by atoms with Gasteiger partial charge in [-0.25, -0.2) is 4.39 Å². The minimum absolute atomic E-state index is 0.0288. The number of carbonyl (C=O) groups excluding carboxylic acids is 1. The van der Waals surface area contributed by atoms with Gasteiger partial charge in [-0.05, 0) is 29.7 Å². The molecule has 5 nitrogen and oxygen atoms in total. The predicted molar refractivity (Wildman–Crippen MR) is 85.9 cm³/mol. The van der Waals surface area contributed by atoms with Crippen molar-refractivity contribution in [2.75, 3.05) is 6.54 Å². The average Bonchev–Trinajstić information content (AvgIpc) is 3.16. The Hall–Kier alpha value is -2.28. The van der Waals surface area contributed by atoms with Crippen LogP contribution >= 0.6 is 11.3 Å². The fourth-order valence-electron chi connectivity index (χ4n) is 2.93. The third-order valence-corrected chi connectivity index (χ3v) is 5.23.